The van der Waals surface area contributed by atoms with Gasteiger partial charge in [-0.25, -0.2) is 17.6 Å². The smallest absolute Gasteiger partial charge is 0.195 e. The highest BCUT2D eigenvalue weighted by Crippen LogP contribution is 2.28. The van der Waals surface area contributed by atoms with Gasteiger partial charge in [0, 0.05) is 11.1 Å². The molecule has 0 radical (unpaired) electrons. The lowest BCUT2D eigenvalue weighted by Gasteiger charge is -2.18. The highest BCUT2D eigenvalue weighted by molar-refractivity contribution is 5.29. The van der Waals surface area contributed by atoms with E-state index >= 15 is 0 Å². The Morgan fingerprint density at radius 1 is 0.818 bits per heavy atom. The maximum Gasteiger partial charge on any atom is 0.195 e. The van der Waals surface area contributed by atoms with Gasteiger partial charge in [-0.2, -0.15) is 0 Å². The van der Waals surface area contributed by atoms with E-state index in [4.69, 9.17) is 0 Å². The molecule has 2 atom stereocenters. The third-order valence-electron chi connectivity index (χ3n) is 4.47. The number of hydrogen-bond donors (Lipinski definition) is 0. The molecular weight excluding hydrogens is 292 g/mol. The number of halogens is 4. The van der Waals surface area contributed by atoms with E-state index in [0.29, 0.717) is 5.92 Å². The summed E-state index contributed by atoms with van der Waals surface area (Å²) in [6, 6.07) is 0. The van der Waals surface area contributed by atoms with Crippen LogP contribution in [0.1, 0.15) is 64.0 Å². The van der Waals surface area contributed by atoms with Crippen molar-refractivity contribution in [2.45, 2.75) is 66.2 Å². The topological polar surface area (TPSA) is 0 Å². The second kappa shape index (κ2) is 8.54. The van der Waals surface area contributed by atoms with Crippen LogP contribution in [-0.2, 0) is 6.42 Å². The van der Waals surface area contributed by atoms with Gasteiger partial charge in [0.1, 0.15) is 5.82 Å². The van der Waals surface area contributed by atoms with E-state index in [9.17, 15) is 17.6 Å². The van der Waals surface area contributed by atoms with E-state index in [1.807, 2.05) is 6.92 Å². The Labute approximate surface area is 130 Å². The molecule has 1 aromatic carbocycles. The number of rotatable bonds is 8. The van der Waals surface area contributed by atoms with Crippen molar-refractivity contribution in [2.24, 2.45) is 11.8 Å². The van der Waals surface area contributed by atoms with Crippen LogP contribution in [-0.4, -0.2) is 0 Å². The summed E-state index contributed by atoms with van der Waals surface area (Å²) in [5, 5.41) is 0. The van der Waals surface area contributed by atoms with Crippen LogP contribution in [0.2, 0.25) is 0 Å². The van der Waals surface area contributed by atoms with Gasteiger partial charge in [-0.15, -0.1) is 0 Å². The van der Waals surface area contributed by atoms with Crippen LogP contribution in [0.25, 0.3) is 0 Å². The first-order chi connectivity index (χ1) is 10.3. The molecule has 0 spiro atoms. The summed E-state index contributed by atoms with van der Waals surface area (Å²) >= 11 is 0. The molecule has 126 valence electrons. The third kappa shape index (κ3) is 4.47. The predicted molar refractivity (Wildman–Crippen MR) is 81.8 cm³/mol. The summed E-state index contributed by atoms with van der Waals surface area (Å²) in [6.45, 7) is 7.31. The summed E-state index contributed by atoms with van der Waals surface area (Å²) in [6.07, 6.45) is 5.29. The lowest BCUT2D eigenvalue weighted by atomic mass is 9.88. The largest absolute Gasteiger partial charge is 0.206 e. The van der Waals surface area contributed by atoms with Crippen LogP contribution in [0.5, 0.6) is 0 Å². The van der Waals surface area contributed by atoms with Gasteiger partial charge in [0.15, 0.2) is 17.5 Å². The van der Waals surface area contributed by atoms with Crippen molar-refractivity contribution in [2.75, 3.05) is 0 Å². The van der Waals surface area contributed by atoms with Crippen molar-refractivity contribution in [3.8, 4) is 0 Å². The van der Waals surface area contributed by atoms with Gasteiger partial charge >= 0.3 is 0 Å². The Morgan fingerprint density at radius 3 is 2.00 bits per heavy atom. The lowest BCUT2D eigenvalue weighted by molar-refractivity contribution is 0.365. The number of benzene rings is 1. The molecule has 0 saturated carbocycles. The second-order valence-corrected chi connectivity index (χ2v) is 6.31. The highest BCUT2D eigenvalue weighted by atomic mass is 19.2. The van der Waals surface area contributed by atoms with E-state index in [2.05, 4.69) is 13.8 Å². The first kappa shape index (κ1) is 19.0. The molecular formula is C18H26F4. The van der Waals surface area contributed by atoms with E-state index in [-0.39, 0.29) is 17.9 Å². The molecule has 0 aliphatic heterocycles. The number of hydrogen-bond acceptors (Lipinski definition) is 0. The molecule has 0 aromatic heterocycles. The van der Waals surface area contributed by atoms with Gasteiger partial charge in [0.2, 0.25) is 0 Å². The van der Waals surface area contributed by atoms with Gasteiger partial charge in [-0.1, -0.05) is 52.9 Å². The molecule has 4 heteroatoms. The van der Waals surface area contributed by atoms with Crippen LogP contribution in [0.3, 0.4) is 0 Å². The van der Waals surface area contributed by atoms with E-state index in [0.717, 1.165) is 39.0 Å². The summed E-state index contributed by atoms with van der Waals surface area (Å²) in [7, 11) is 0. The van der Waals surface area contributed by atoms with Crippen molar-refractivity contribution >= 4 is 0 Å². The van der Waals surface area contributed by atoms with Gasteiger partial charge in [-0.05, 0) is 25.2 Å². The molecule has 1 rings (SSSR count). The molecule has 0 saturated heterocycles. The van der Waals surface area contributed by atoms with Crippen LogP contribution >= 0.6 is 0 Å². The monoisotopic (exact) mass is 318 g/mol. The quantitative estimate of drug-likeness (QED) is 0.298. The van der Waals surface area contributed by atoms with E-state index < -0.39 is 28.8 Å². The molecule has 0 heterocycles. The average Bonchev–Trinajstić information content (AvgIpc) is 2.51. The first-order valence-electron chi connectivity index (χ1n) is 8.14. The van der Waals surface area contributed by atoms with Gasteiger partial charge in [-0.3, -0.25) is 0 Å². The minimum atomic E-state index is -1.57. The van der Waals surface area contributed by atoms with Gasteiger partial charge < -0.3 is 0 Å². The molecule has 2 unspecified atom stereocenters. The van der Waals surface area contributed by atoms with Crippen molar-refractivity contribution in [3.05, 3.63) is 34.4 Å². The first-order valence-corrected chi connectivity index (χ1v) is 8.14. The standard InChI is InChI=1S/C18H26F4/c1-5-7-13(6-2)9-8-11(3)10-14-15(19)12(4)16(20)18(22)17(14)21/h11,13H,5-10H2,1-4H3. The van der Waals surface area contributed by atoms with Crippen molar-refractivity contribution < 1.29 is 17.6 Å². The average molecular weight is 318 g/mol. The second-order valence-electron chi connectivity index (χ2n) is 6.31. The molecule has 0 amide bonds. The Morgan fingerprint density at radius 2 is 1.45 bits per heavy atom. The Bertz CT molecular complexity index is 467. The molecule has 22 heavy (non-hydrogen) atoms. The van der Waals surface area contributed by atoms with Gasteiger partial charge in [0.25, 0.3) is 0 Å². The van der Waals surface area contributed by atoms with Crippen molar-refractivity contribution in [1.29, 1.82) is 0 Å². The third-order valence-corrected chi connectivity index (χ3v) is 4.47. The van der Waals surface area contributed by atoms with Crippen molar-refractivity contribution in [3.63, 3.8) is 0 Å². The zero-order valence-corrected chi connectivity index (χ0v) is 13.9. The fourth-order valence-corrected chi connectivity index (χ4v) is 2.92. The SMILES string of the molecule is CCCC(CC)CCC(C)Cc1c(F)c(C)c(F)c(F)c1F. The van der Waals surface area contributed by atoms with Crippen LogP contribution in [0, 0.1) is 42.0 Å². The molecule has 0 aliphatic carbocycles. The summed E-state index contributed by atoms with van der Waals surface area (Å²) in [4.78, 5) is 0. The maximum atomic E-state index is 14.0. The van der Waals surface area contributed by atoms with Crippen LogP contribution in [0.4, 0.5) is 17.6 Å². The summed E-state index contributed by atoms with van der Waals surface area (Å²) in [5.41, 5.74) is -0.772. The minimum Gasteiger partial charge on any atom is -0.206 e. The predicted octanol–water partition coefficient (Wildman–Crippen LogP) is 6.34. The lowest BCUT2D eigenvalue weighted by Crippen LogP contribution is -2.11. The summed E-state index contributed by atoms with van der Waals surface area (Å²) in [5.74, 6) is -4.69. The van der Waals surface area contributed by atoms with E-state index in [1.165, 1.54) is 0 Å². The normalized spacial score (nSPS) is 14.2. The van der Waals surface area contributed by atoms with E-state index in [1.54, 1.807) is 0 Å². The molecule has 0 nitrogen and oxygen atoms in total. The Hall–Kier alpha value is -1.06. The fraction of sp³-hybridized carbons (Fsp3) is 0.667. The Balaban J connectivity index is 2.79. The molecule has 0 bridgehead atoms. The van der Waals surface area contributed by atoms with Gasteiger partial charge in [0.05, 0.1) is 0 Å². The van der Waals surface area contributed by atoms with Crippen LogP contribution in [0.15, 0.2) is 0 Å². The highest BCUT2D eigenvalue weighted by Gasteiger charge is 2.24. The molecule has 0 N–H and O–H groups in total. The molecule has 1 aromatic rings. The zero-order valence-electron chi connectivity index (χ0n) is 13.9. The molecule has 0 aliphatic rings. The van der Waals surface area contributed by atoms with Crippen LogP contribution < -0.4 is 0 Å². The maximum absolute atomic E-state index is 14.0. The Kier molecular flexibility index (Phi) is 7.37. The minimum absolute atomic E-state index is 0.0270. The fourth-order valence-electron chi connectivity index (χ4n) is 2.92. The van der Waals surface area contributed by atoms with Crippen molar-refractivity contribution in [1.82, 2.24) is 0 Å². The molecule has 0 fully saturated rings. The summed E-state index contributed by atoms with van der Waals surface area (Å²) < 4.78 is 54.5. The zero-order chi connectivity index (χ0) is 16.9.